The fourth-order valence-corrected chi connectivity index (χ4v) is 3.19. The highest BCUT2D eigenvalue weighted by Gasteiger charge is 2.34. The van der Waals surface area contributed by atoms with Crippen LogP contribution in [-0.4, -0.2) is 35.2 Å². The molecule has 4 atom stereocenters. The molecule has 0 spiro atoms. The van der Waals surface area contributed by atoms with Crippen molar-refractivity contribution in [2.45, 2.75) is 51.2 Å². The van der Waals surface area contributed by atoms with E-state index in [9.17, 15) is 10.4 Å². The average Bonchev–Trinajstić information content (AvgIpc) is 2.29. The highest BCUT2D eigenvalue weighted by molar-refractivity contribution is 4.98. The van der Waals surface area contributed by atoms with Gasteiger partial charge in [-0.15, -0.1) is 0 Å². The fraction of sp³-hybridized carbons (Fsp3) is 0.923. The number of hydrogen-bond acceptors (Lipinski definition) is 3. The minimum atomic E-state index is -0.176. The van der Waals surface area contributed by atoms with Gasteiger partial charge in [0.25, 0.3) is 0 Å². The Balaban J connectivity index is 2.01. The number of hydrogen-bond donors (Lipinski definition) is 1. The first-order valence-corrected chi connectivity index (χ1v) is 6.52. The Hall–Kier alpha value is -0.590. The van der Waals surface area contributed by atoms with Crippen LogP contribution >= 0.6 is 0 Å². The largest absolute Gasteiger partial charge is 0.392 e. The Morgan fingerprint density at radius 3 is 2.81 bits per heavy atom. The van der Waals surface area contributed by atoms with Crippen LogP contribution < -0.4 is 0 Å². The summed E-state index contributed by atoms with van der Waals surface area (Å²) in [5.41, 5.74) is 0. The van der Waals surface area contributed by atoms with Crippen LogP contribution in [0.2, 0.25) is 0 Å². The molecule has 16 heavy (non-hydrogen) atoms. The van der Waals surface area contributed by atoms with Crippen LogP contribution in [0.3, 0.4) is 0 Å². The maximum Gasteiger partial charge on any atom is 0.0672 e. The second kappa shape index (κ2) is 5.16. The summed E-state index contributed by atoms with van der Waals surface area (Å²) in [5, 5.41) is 18.9. The van der Waals surface area contributed by atoms with Gasteiger partial charge in [0.1, 0.15) is 0 Å². The van der Waals surface area contributed by atoms with E-state index < -0.39 is 0 Å². The molecule has 0 radical (unpaired) electrons. The van der Waals surface area contributed by atoms with Gasteiger partial charge in [-0.25, -0.2) is 0 Å². The summed E-state index contributed by atoms with van der Waals surface area (Å²) < 4.78 is 0. The molecular weight excluding hydrogens is 200 g/mol. The number of aliphatic hydroxyl groups excluding tert-OH is 1. The van der Waals surface area contributed by atoms with Gasteiger partial charge >= 0.3 is 0 Å². The highest BCUT2D eigenvalue weighted by atomic mass is 16.3. The van der Waals surface area contributed by atoms with Crippen molar-refractivity contribution in [2.75, 3.05) is 13.1 Å². The molecule has 1 heterocycles. The molecule has 3 heteroatoms. The predicted octanol–water partition coefficient (Wildman–Crippen LogP) is 1.77. The van der Waals surface area contributed by atoms with Gasteiger partial charge in [-0.2, -0.15) is 5.26 Å². The van der Waals surface area contributed by atoms with Crippen LogP contribution in [0, 0.1) is 23.2 Å². The Bertz CT molecular complexity index is 274. The number of likely N-dealkylation sites (tertiary alicyclic amines) is 1. The minimum absolute atomic E-state index is 0.176. The zero-order chi connectivity index (χ0) is 11.5. The molecule has 0 aromatic heterocycles. The molecule has 1 N–H and O–H groups in total. The van der Waals surface area contributed by atoms with Crippen molar-refractivity contribution in [1.82, 2.24) is 4.90 Å². The monoisotopic (exact) mass is 222 g/mol. The maximum atomic E-state index is 9.71. The summed E-state index contributed by atoms with van der Waals surface area (Å²) in [6.07, 6.45) is 5.18. The number of nitriles is 1. The standard InChI is InChI=1S/C13H22N2O/c1-10-4-5-11(8-14)13(7-10)15-6-2-3-12(16)9-15/h10-13,16H,2-7,9H2,1H3. The first-order valence-electron chi connectivity index (χ1n) is 6.52. The summed E-state index contributed by atoms with van der Waals surface area (Å²) in [6.45, 7) is 4.11. The van der Waals surface area contributed by atoms with E-state index in [1.54, 1.807) is 0 Å². The lowest BCUT2D eigenvalue weighted by molar-refractivity contribution is 0.0182. The van der Waals surface area contributed by atoms with E-state index in [0.29, 0.717) is 6.04 Å². The molecule has 1 saturated carbocycles. The molecule has 2 aliphatic rings. The Kier molecular flexibility index (Phi) is 3.83. The van der Waals surface area contributed by atoms with Crippen LogP contribution in [0.15, 0.2) is 0 Å². The van der Waals surface area contributed by atoms with Crippen molar-refractivity contribution in [1.29, 1.82) is 5.26 Å². The Morgan fingerprint density at radius 1 is 1.31 bits per heavy atom. The number of β-amino-alcohol motifs (C(OH)–C–C–N with tert-alkyl or cyclic N) is 1. The smallest absolute Gasteiger partial charge is 0.0672 e. The zero-order valence-corrected chi connectivity index (χ0v) is 10.1. The van der Waals surface area contributed by atoms with E-state index in [2.05, 4.69) is 17.9 Å². The summed E-state index contributed by atoms with van der Waals surface area (Å²) in [5.74, 6) is 0.912. The van der Waals surface area contributed by atoms with Gasteiger partial charge in [-0.3, -0.25) is 4.90 Å². The van der Waals surface area contributed by atoms with E-state index in [1.165, 1.54) is 6.42 Å². The summed E-state index contributed by atoms with van der Waals surface area (Å²) in [4.78, 5) is 2.36. The molecule has 0 bridgehead atoms. The van der Waals surface area contributed by atoms with Gasteiger partial charge in [-0.05, 0) is 44.6 Å². The third kappa shape index (κ3) is 2.56. The molecule has 2 rings (SSSR count). The van der Waals surface area contributed by atoms with Crippen molar-refractivity contribution in [3.63, 3.8) is 0 Å². The van der Waals surface area contributed by atoms with Crippen molar-refractivity contribution in [2.24, 2.45) is 11.8 Å². The lowest BCUT2D eigenvalue weighted by atomic mass is 9.78. The van der Waals surface area contributed by atoms with Gasteiger partial charge in [0.15, 0.2) is 0 Å². The van der Waals surface area contributed by atoms with Crippen LogP contribution in [-0.2, 0) is 0 Å². The molecular formula is C13H22N2O. The van der Waals surface area contributed by atoms with Crippen molar-refractivity contribution in [3.05, 3.63) is 0 Å². The molecule has 0 amide bonds. The molecule has 2 fully saturated rings. The first-order chi connectivity index (χ1) is 7.70. The average molecular weight is 222 g/mol. The second-order valence-corrected chi connectivity index (χ2v) is 5.51. The molecule has 1 aliphatic carbocycles. The molecule has 1 saturated heterocycles. The SMILES string of the molecule is CC1CCC(C#N)C(N2CCCC(O)C2)C1. The van der Waals surface area contributed by atoms with E-state index in [0.717, 1.165) is 44.7 Å². The van der Waals surface area contributed by atoms with Gasteiger partial charge < -0.3 is 5.11 Å². The maximum absolute atomic E-state index is 9.71. The third-order valence-electron chi connectivity index (χ3n) is 4.14. The first kappa shape index (κ1) is 11.9. The van der Waals surface area contributed by atoms with Crippen LogP contribution in [0.4, 0.5) is 0 Å². The third-order valence-corrected chi connectivity index (χ3v) is 4.14. The van der Waals surface area contributed by atoms with Gasteiger partial charge in [0.05, 0.1) is 18.1 Å². The van der Waals surface area contributed by atoms with Gasteiger partial charge in [0.2, 0.25) is 0 Å². The van der Waals surface area contributed by atoms with Crippen molar-refractivity contribution >= 4 is 0 Å². The summed E-state index contributed by atoms with van der Waals surface area (Å²) in [6, 6.07) is 2.86. The summed E-state index contributed by atoms with van der Waals surface area (Å²) in [7, 11) is 0. The molecule has 1 aliphatic heterocycles. The van der Waals surface area contributed by atoms with Gasteiger partial charge in [-0.1, -0.05) is 6.92 Å². The van der Waals surface area contributed by atoms with Crippen LogP contribution in [0.5, 0.6) is 0 Å². The molecule has 0 aromatic carbocycles. The van der Waals surface area contributed by atoms with Crippen LogP contribution in [0.1, 0.15) is 39.0 Å². The highest BCUT2D eigenvalue weighted by Crippen LogP contribution is 2.33. The second-order valence-electron chi connectivity index (χ2n) is 5.51. The Labute approximate surface area is 98.1 Å². The molecule has 90 valence electrons. The minimum Gasteiger partial charge on any atom is -0.392 e. The predicted molar refractivity (Wildman–Crippen MR) is 62.7 cm³/mol. The zero-order valence-electron chi connectivity index (χ0n) is 10.1. The lowest BCUT2D eigenvalue weighted by Gasteiger charge is -2.42. The van der Waals surface area contributed by atoms with E-state index in [-0.39, 0.29) is 12.0 Å². The van der Waals surface area contributed by atoms with E-state index in [1.807, 2.05) is 0 Å². The lowest BCUT2D eigenvalue weighted by Crippen LogP contribution is -2.49. The Morgan fingerprint density at radius 2 is 2.12 bits per heavy atom. The fourth-order valence-electron chi connectivity index (χ4n) is 3.19. The van der Waals surface area contributed by atoms with E-state index in [4.69, 9.17) is 0 Å². The molecule has 4 unspecified atom stereocenters. The number of aliphatic hydroxyl groups is 1. The number of rotatable bonds is 1. The van der Waals surface area contributed by atoms with Crippen molar-refractivity contribution < 1.29 is 5.11 Å². The quantitative estimate of drug-likeness (QED) is 0.735. The number of nitrogens with zero attached hydrogens (tertiary/aromatic N) is 2. The normalized spacial score (nSPS) is 41.6. The topological polar surface area (TPSA) is 47.3 Å². The number of piperidine rings is 1. The molecule has 3 nitrogen and oxygen atoms in total. The van der Waals surface area contributed by atoms with E-state index >= 15 is 0 Å². The summed E-state index contributed by atoms with van der Waals surface area (Å²) >= 11 is 0. The van der Waals surface area contributed by atoms with Crippen LogP contribution in [0.25, 0.3) is 0 Å². The van der Waals surface area contributed by atoms with Crippen molar-refractivity contribution in [3.8, 4) is 6.07 Å². The van der Waals surface area contributed by atoms with Gasteiger partial charge in [0, 0.05) is 12.6 Å². The molecule has 0 aromatic rings.